The molecule has 0 saturated carbocycles. The number of fused-ring (bicyclic) bond motifs is 1. The van der Waals surface area contributed by atoms with Gasteiger partial charge in [0.2, 0.25) is 4.73 Å². The molecule has 20 heavy (non-hydrogen) atoms. The Labute approximate surface area is 124 Å². The van der Waals surface area contributed by atoms with Crippen LogP contribution in [0, 0.1) is 0 Å². The fourth-order valence-corrected chi connectivity index (χ4v) is 2.39. The Balaban J connectivity index is 1.94. The molecule has 0 aliphatic heterocycles. The zero-order chi connectivity index (χ0) is 14.1. The first-order valence-electron chi connectivity index (χ1n) is 6.35. The van der Waals surface area contributed by atoms with E-state index >= 15 is 0 Å². The van der Waals surface area contributed by atoms with E-state index in [9.17, 15) is 0 Å². The number of hydrogen-bond donors (Lipinski definition) is 0. The Kier molecular flexibility index (Phi) is 3.54. The zero-order valence-electron chi connectivity index (χ0n) is 11.2. The van der Waals surface area contributed by atoms with Crippen molar-refractivity contribution in [2.24, 2.45) is 0 Å². The van der Waals surface area contributed by atoms with Crippen LogP contribution < -0.4 is 0 Å². The molecule has 1 unspecified atom stereocenters. The van der Waals surface area contributed by atoms with Gasteiger partial charge in [0.05, 0.1) is 6.20 Å². The third-order valence-electron chi connectivity index (χ3n) is 3.03. The molecule has 3 aromatic heterocycles. The molecule has 0 fully saturated rings. The first kappa shape index (κ1) is 13.3. The summed E-state index contributed by atoms with van der Waals surface area (Å²) in [5, 5.41) is 8.52. The van der Waals surface area contributed by atoms with Gasteiger partial charge in [-0.15, -0.1) is 5.10 Å². The molecule has 3 aromatic rings. The molecular formula is C13H14BrN5O. The van der Waals surface area contributed by atoms with Gasteiger partial charge in [0, 0.05) is 24.6 Å². The molecule has 0 saturated heterocycles. The van der Waals surface area contributed by atoms with Crippen molar-refractivity contribution in [2.45, 2.75) is 20.1 Å². The molecule has 0 amide bonds. The number of rotatable bonds is 4. The van der Waals surface area contributed by atoms with E-state index in [-0.39, 0.29) is 6.23 Å². The van der Waals surface area contributed by atoms with Crippen molar-refractivity contribution < 1.29 is 4.74 Å². The molecule has 7 heteroatoms. The normalized spacial score (nSPS) is 12.9. The van der Waals surface area contributed by atoms with Gasteiger partial charge < -0.3 is 4.74 Å². The molecule has 0 N–H and O–H groups in total. The van der Waals surface area contributed by atoms with Crippen molar-refractivity contribution in [1.29, 1.82) is 0 Å². The van der Waals surface area contributed by atoms with E-state index in [1.165, 1.54) is 0 Å². The van der Waals surface area contributed by atoms with E-state index in [1.807, 2.05) is 49.3 Å². The largest absolute Gasteiger partial charge is 0.357 e. The van der Waals surface area contributed by atoms with Crippen molar-refractivity contribution in [3.63, 3.8) is 0 Å². The maximum atomic E-state index is 5.52. The van der Waals surface area contributed by atoms with E-state index in [4.69, 9.17) is 4.74 Å². The standard InChI is InChI=1S/C13H14BrN5O/c1-3-20-9(2)19-8-11(7-15-19)10-4-5-18-12(6-10)16-13(14)17-18/h4-9H,3H2,1-2H3. The van der Waals surface area contributed by atoms with Crippen LogP contribution in [0.25, 0.3) is 16.8 Å². The molecule has 0 aromatic carbocycles. The van der Waals surface area contributed by atoms with Crippen LogP contribution in [-0.4, -0.2) is 31.0 Å². The molecule has 0 bridgehead atoms. The molecule has 0 aliphatic carbocycles. The molecule has 3 heterocycles. The number of pyridine rings is 1. The number of aromatic nitrogens is 5. The van der Waals surface area contributed by atoms with E-state index in [0.717, 1.165) is 16.8 Å². The van der Waals surface area contributed by atoms with Crippen LogP contribution in [0.1, 0.15) is 20.1 Å². The fraction of sp³-hybridized carbons (Fsp3) is 0.308. The predicted molar refractivity (Wildman–Crippen MR) is 78.2 cm³/mol. The highest BCUT2D eigenvalue weighted by atomic mass is 79.9. The van der Waals surface area contributed by atoms with Gasteiger partial charge in [-0.1, -0.05) is 0 Å². The highest BCUT2D eigenvalue weighted by Crippen LogP contribution is 2.21. The Morgan fingerprint density at radius 1 is 1.40 bits per heavy atom. The molecule has 0 aliphatic rings. The third kappa shape index (κ3) is 2.46. The summed E-state index contributed by atoms with van der Waals surface area (Å²) >= 11 is 3.27. The maximum absolute atomic E-state index is 5.52. The summed E-state index contributed by atoms with van der Waals surface area (Å²) in [6, 6.07) is 3.96. The summed E-state index contributed by atoms with van der Waals surface area (Å²) in [5.41, 5.74) is 2.87. The van der Waals surface area contributed by atoms with E-state index in [0.29, 0.717) is 11.3 Å². The summed E-state index contributed by atoms with van der Waals surface area (Å²) in [7, 11) is 0. The first-order chi connectivity index (χ1) is 9.67. The number of hydrogen-bond acceptors (Lipinski definition) is 4. The van der Waals surface area contributed by atoms with Crippen LogP contribution in [0.5, 0.6) is 0 Å². The minimum atomic E-state index is -0.0697. The minimum Gasteiger partial charge on any atom is -0.357 e. The number of halogens is 1. The van der Waals surface area contributed by atoms with Crippen LogP contribution in [0.3, 0.4) is 0 Å². The lowest BCUT2D eigenvalue weighted by molar-refractivity contribution is 0.0160. The lowest BCUT2D eigenvalue weighted by Gasteiger charge is -2.11. The molecule has 1 atom stereocenters. The maximum Gasteiger partial charge on any atom is 0.218 e. The summed E-state index contributed by atoms with van der Waals surface area (Å²) in [6.07, 6.45) is 5.61. The smallest absolute Gasteiger partial charge is 0.218 e. The third-order valence-corrected chi connectivity index (χ3v) is 3.36. The zero-order valence-corrected chi connectivity index (χ0v) is 12.8. The average molecular weight is 336 g/mol. The average Bonchev–Trinajstić information content (AvgIpc) is 3.02. The van der Waals surface area contributed by atoms with Gasteiger partial charge >= 0.3 is 0 Å². The van der Waals surface area contributed by atoms with Gasteiger partial charge in [0.15, 0.2) is 5.65 Å². The van der Waals surface area contributed by atoms with E-state index in [1.54, 1.807) is 4.52 Å². The molecule has 3 rings (SSSR count). The molecular weight excluding hydrogens is 322 g/mol. The van der Waals surface area contributed by atoms with Crippen LogP contribution in [0.15, 0.2) is 35.5 Å². The number of ether oxygens (including phenoxy) is 1. The van der Waals surface area contributed by atoms with Gasteiger partial charge in [-0.05, 0) is 47.5 Å². The molecule has 104 valence electrons. The SMILES string of the molecule is CCOC(C)n1cc(-c2ccn3nc(Br)nc3c2)cn1. The van der Waals surface area contributed by atoms with Gasteiger partial charge in [-0.2, -0.15) is 5.10 Å². The highest BCUT2D eigenvalue weighted by molar-refractivity contribution is 9.10. The molecule has 6 nitrogen and oxygen atoms in total. The second kappa shape index (κ2) is 5.34. The van der Waals surface area contributed by atoms with Crippen LogP contribution in [-0.2, 0) is 4.74 Å². The Bertz CT molecular complexity index is 735. The lowest BCUT2D eigenvalue weighted by atomic mass is 10.1. The monoisotopic (exact) mass is 335 g/mol. The summed E-state index contributed by atoms with van der Waals surface area (Å²) < 4.78 is 9.63. The second-order valence-electron chi connectivity index (χ2n) is 4.36. The van der Waals surface area contributed by atoms with E-state index < -0.39 is 0 Å². The number of nitrogens with zero attached hydrogens (tertiary/aromatic N) is 5. The van der Waals surface area contributed by atoms with Crippen molar-refractivity contribution in [3.8, 4) is 11.1 Å². The van der Waals surface area contributed by atoms with Gasteiger partial charge in [0.1, 0.15) is 6.23 Å². The van der Waals surface area contributed by atoms with Crippen LogP contribution >= 0.6 is 15.9 Å². The second-order valence-corrected chi connectivity index (χ2v) is 5.07. The molecule has 0 spiro atoms. The van der Waals surface area contributed by atoms with Gasteiger partial charge in [-0.3, -0.25) is 0 Å². The highest BCUT2D eigenvalue weighted by Gasteiger charge is 2.09. The topological polar surface area (TPSA) is 57.2 Å². The van der Waals surface area contributed by atoms with E-state index in [2.05, 4.69) is 31.1 Å². The van der Waals surface area contributed by atoms with Gasteiger partial charge in [-0.25, -0.2) is 14.2 Å². The van der Waals surface area contributed by atoms with Crippen molar-refractivity contribution >= 4 is 21.6 Å². The predicted octanol–water partition coefficient (Wildman–Crippen LogP) is 2.91. The molecule has 0 radical (unpaired) electrons. The minimum absolute atomic E-state index is 0.0697. The quantitative estimate of drug-likeness (QED) is 0.735. The summed E-state index contributed by atoms with van der Waals surface area (Å²) in [6.45, 7) is 4.60. The van der Waals surface area contributed by atoms with Crippen molar-refractivity contribution in [2.75, 3.05) is 6.61 Å². The summed E-state index contributed by atoms with van der Waals surface area (Å²) in [4.78, 5) is 4.29. The Morgan fingerprint density at radius 2 is 2.25 bits per heavy atom. The first-order valence-corrected chi connectivity index (χ1v) is 7.14. The lowest BCUT2D eigenvalue weighted by Crippen LogP contribution is -2.09. The van der Waals surface area contributed by atoms with Crippen LogP contribution in [0.2, 0.25) is 0 Å². The summed E-state index contributed by atoms with van der Waals surface area (Å²) in [5.74, 6) is 0. The van der Waals surface area contributed by atoms with Gasteiger partial charge in [0.25, 0.3) is 0 Å². The Hall–Kier alpha value is -1.73. The Morgan fingerprint density at radius 3 is 3.05 bits per heavy atom. The van der Waals surface area contributed by atoms with Crippen molar-refractivity contribution in [1.82, 2.24) is 24.4 Å². The van der Waals surface area contributed by atoms with Crippen LogP contribution in [0.4, 0.5) is 0 Å². The fourth-order valence-electron chi connectivity index (χ4n) is 2.04. The van der Waals surface area contributed by atoms with Crippen molar-refractivity contribution in [3.05, 3.63) is 35.5 Å².